The first-order valence-electron chi connectivity index (χ1n) is 9.19. The Morgan fingerprint density at radius 3 is 2.45 bits per heavy atom. The summed E-state index contributed by atoms with van der Waals surface area (Å²) in [6, 6.07) is 5.97. The number of pyridine rings is 1. The lowest BCUT2D eigenvalue weighted by Gasteiger charge is -2.19. The van der Waals surface area contributed by atoms with E-state index in [0.29, 0.717) is 5.69 Å². The van der Waals surface area contributed by atoms with E-state index in [1.807, 2.05) is 0 Å². The van der Waals surface area contributed by atoms with Crippen LogP contribution in [0, 0.1) is 6.92 Å². The molecule has 0 aliphatic heterocycles. The molecule has 0 bridgehead atoms. The van der Waals surface area contributed by atoms with Crippen LogP contribution in [0.25, 0.3) is 22.4 Å². The molecule has 10 heteroatoms. The minimum absolute atomic E-state index is 0.126. The Morgan fingerprint density at radius 2 is 1.81 bits per heavy atom. The summed E-state index contributed by atoms with van der Waals surface area (Å²) in [5.74, 6) is -1.72. The molecule has 0 amide bonds. The van der Waals surface area contributed by atoms with E-state index >= 15 is 0 Å². The fourth-order valence-electron chi connectivity index (χ4n) is 2.92. The molecule has 2 heterocycles. The number of hydrogen-bond donors (Lipinski definition) is 0. The van der Waals surface area contributed by atoms with Gasteiger partial charge >= 0.3 is 18.1 Å². The van der Waals surface area contributed by atoms with Gasteiger partial charge in [0.2, 0.25) is 0 Å². The minimum atomic E-state index is -4.64. The number of nitrogens with zero attached hydrogens (tertiary/aromatic N) is 2. The second-order valence-electron chi connectivity index (χ2n) is 7.71. The van der Waals surface area contributed by atoms with E-state index in [-0.39, 0.29) is 27.9 Å². The van der Waals surface area contributed by atoms with E-state index in [1.54, 1.807) is 27.7 Å². The summed E-state index contributed by atoms with van der Waals surface area (Å²) in [5, 5.41) is 3.91. The molecule has 0 saturated carbocycles. The number of carbonyl (C=O) groups excluding carboxylic acids is 2. The Bertz CT molecular complexity index is 1150. The summed E-state index contributed by atoms with van der Waals surface area (Å²) in [4.78, 5) is 28.6. The number of rotatable bonds is 4. The van der Waals surface area contributed by atoms with E-state index in [2.05, 4.69) is 10.1 Å². The van der Waals surface area contributed by atoms with Crippen LogP contribution >= 0.6 is 0 Å². The molecule has 3 aromatic rings. The van der Waals surface area contributed by atoms with E-state index in [1.165, 1.54) is 18.2 Å². The van der Waals surface area contributed by atoms with Crippen LogP contribution in [-0.4, -0.2) is 34.3 Å². The zero-order chi connectivity index (χ0) is 23.0. The average molecular weight is 436 g/mol. The van der Waals surface area contributed by atoms with Crippen molar-refractivity contribution in [1.82, 2.24) is 10.1 Å². The highest BCUT2D eigenvalue weighted by Gasteiger charge is 2.34. The van der Waals surface area contributed by atoms with Gasteiger partial charge in [0.05, 0.1) is 27.9 Å². The summed E-state index contributed by atoms with van der Waals surface area (Å²) in [7, 11) is 0. The topological polar surface area (TPSA) is 91.5 Å². The number of carbonyl (C=O) groups is 2. The summed E-state index contributed by atoms with van der Waals surface area (Å²) in [5.41, 5.74) is -2.05. The van der Waals surface area contributed by atoms with Gasteiger partial charge in [0.1, 0.15) is 5.60 Å². The third-order valence-corrected chi connectivity index (χ3v) is 4.09. The van der Waals surface area contributed by atoms with Gasteiger partial charge in [0.15, 0.2) is 6.61 Å². The maximum absolute atomic E-state index is 13.4. The maximum atomic E-state index is 13.4. The fourth-order valence-corrected chi connectivity index (χ4v) is 2.92. The van der Waals surface area contributed by atoms with Crippen LogP contribution in [0.15, 0.2) is 34.9 Å². The summed E-state index contributed by atoms with van der Waals surface area (Å²) < 4.78 is 55.5. The Labute approximate surface area is 175 Å². The molecule has 7 nitrogen and oxygen atoms in total. The van der Waals surface area contributed by atoms with Gasteiger partial charge in [-0.15, -0.1) is 0 Å². The van der Waals surface area contributed by atoms with Crippen LogP contribution in [0.3, 0.4) is 0 Å². The first-order valence-corrected chi connectivity index (χ1v) is 9.19. The first-order chi connectivity index (χ1) is 14.4. The highest BCUT2D eigenvalue weighted by molar-refractivity contribution is 6.04. The van der Waals surface area contributed by atoms with Gasteiger partial charge in [-0.25, -0.2) is 14.6 Å². The lowest BCUT2D eigenvalue weighted by atomic mass is 10.0. The molecule has 2 aromatic heterocycles. The van der Waals surface area contributed by atoms with Crippen molar-refractivity contribution < 1.29 is 36.8 Å². The molecule has 0 atom stereocenters. The molecule has 3 rings (SSSR count). The molecule has 164 valence electrons. The van der Waals surface area contributed by atoms with E-state index in [9.17, 15) is 22.8 Å². The smallest absolute Gasteiger partial charge is 0.417 e. The van der Waals surface area contributed by atoms with Gasteiger partial charge in [0, 0.05) is 5.56 Å². The van der Waals surface area contributed by atoms with Crippen molar-refractivity contribution in [1.29, 1.82) is 0 Å². The molecule has 0 aliphatic rings. The number of aromatic nitrogens is 2. The Morgan fingerprint density at radius 1 is 1.13 bits per heavy atom. The molecule has 0 radical (unpaired) electrons. The quantitative estimate of drug-likeness (QED) is 0.547. The van der Waals surface area contributed by atoms with E-state index in [0.717, 1.165) is 12.1 Å². The number of halogens is 3. The molecular weight excluding hydrogens is 417 g/mol. The maximum Gasteiger partial charge on any atom is 0.417 e. The summed E-state index contributed by atoms with van der Waals surface area (Å²) in [6.45, 7) is 5.85. The highest BCUT2D eigenvalue weighted by atomic mass is 19.4. The zero-order valence-electron chi connectivity index (χ0n) is 17.2. The molecule has 31 heavy (non-hydrogen) atoms. The minimum Gasteiger partial charge on any atom is -0.457 e. The molecule has 0 aliphatic carbocycles. The molecule has 0 unspecified atom stereocenters. The van der Waals surface area contributed by atoms with Crippen molar-refractivity contribution >= 4 is 23.0 Å². The third kappa shape index (κ3) is 5.01. The number of alkyl halides is 3. The summed E-state index contributed by atoms with van der Waals surface area (Å²) >= 11 is 0. The van der Waals surface area contributed by atoms with Crippen LogP contribution in [0.5, 0.6) is 0 Å². The van der Waals surface area contributed by atoms with Crippen molar-refractivity contribution in [2.45, 2.75) is 39.5 Å². The van der Waals surface area contributed by atoms with Crippen LogP contribution in [0.4, 0.5) is 13.2 Å². The normalized spacial score (nSPS) is 12.1. The number of hydrogen-bond acceptors (Lipinski definition) is 7. The van der Waals surface area contributed by atoms with E-state index in [4.69, 9.17) is 14.0 Å². The SMILES string of the molecule is Cc1noc2nc(-c3ccccc3C(F)(F)F)cc(C(=O)OCC(=O)OC(C)(C)C)c12. The Kier molecular flexibility index (Phi) is 5.75. The number of esters is 2. The Hall–Kier alpha value is -3.43. The van der Waals surface area contributed by atoms with Gasteiger partial charge in [-0.3, -0.25) is 0 Å². The fraction of sp³-hybridized carbons (Fsp3) is 0.333. The molecule has 0 saturated heterocycles. The van der Waals surface area contributed by atoms with Gasteiger partial charge in [-0.05, 0) is 39.8 Å². The molecule has 1 aromatic carbocycles. The van der Waals surface area contributed by atoms with Crippen molar-refractivity contribution in [3.63, 3.8) is 0 Å². The number of fused-ring (bicyclic) bond motifs is 1. The van der Waals surface area contributed by atoms with Crippen LogP contribution in [0.2, 0.25) is 0 Å². The lowest BCUT2D eigenvalue weighted by Crippen LogP contribution is -2.27. The second kappa shape index (κ2) is 8.01. The van der Waals surface area contributed by atoms with Crippen molar-refractivity contribution in [3.8, 4) is 11.3 Å². The number of ether oxygens (including phenoxy) is 2. The van der Waals surface area contributed by atoms with Gasteiger partial charge in [-0.2, -0.15) is 13.2 Å². The predicted octanol–water partition coefficient (Wildman–Crippen LogP) is 4.72. The molecule has 0 fully saturated rings. The van der Waals surface area contributed by atoms with Crippen molar-refractivity contribution in [2.75, 3.05) is 6.61 Å². The standard InChI is InChI=1S/C21H19F3N2O5/c1-11-17-13(19(28)29-10-16(27)30-20(2,3)4)9-15(25-18(17)31-26-11)12-7-5-6-8-14(12)21(22,23)24/h5-9H,10H2,1-4H3. The van der Waals surface area contributed by atoms with E-state index < -0.39 is 35.9 Å². The largest absolute Gasteiger partial charge is 0.457 e. The van der Waals surface area contributed by atoms with Crippen molar-refractivity contribution in [2.24, 2.45) is 0 Å². The Balaban J connectivity index is 2.02. The number of benzene rings is 1. The highest BCUT2D eigenvalue weighted by Crippen LogP contribution is 2.37. The van der Waals surface area contributed by atoms with Gasteiger partial charge in [0.25, 0.3) is 5.71 Å². The van der Waals surface area contributed by atoms with Crippen LogP contribution in [0.1, 0.15) is 42.4 Å². The molecular formula is C21H19F3N2O5. The molecule has 0 spiro atoms. The molecule has 0 N–H and O–H groups in total. The van der Waals surface area contributed by atoms with Crippen LogP contribution in [-0.2, 0) is 20.4 Å². The number of aryl methyl sites for hydroxylation is 1. The van der Waals surface area contributed by atoms with Crippen molar-refractivity contribution in [3.05, 3.63) is 47.2 Å². The lowest BCUT2D eigenvalue weighted by molar-refractivity contribution is -0.158. The van der Waals surface area contributed by atoms with Gasteiger partial charge in [-0.1, -0.05) is 23.4 Å². The average Bonchev–Trinajstić information content (AvgIpc) is 3.04. The predicted molar refractivity (Wildman–Crippen MR) is 103 cm³/mol. The zero-order valence-corrected chi connectivity index (χ0v) is 17.2. The first kappa shape index (κ1) is 22.3. The monoisotopic (exact) mass is 436 g/mol. The van der Waals surface area contributed by atoms with Gasteiger partial charge < -0.3 is 14.0 Å². The second-order valence-corrected chi connectivity index (χ2v) is 7.71. The van der Waals surface area contributed by atoms with Crippen LogP contribution < -0.4 is 0 Å². The third-order valence-electron chi connectivity index (χ3n) is 4.09. The summed E-state index contributed by atoms with van der Waals surface area (Å²) in [6.07, 6.45) is -4.64.